The lowest BCUT2D eigenvalue weighted by atomic mass is 10.2. The van der Waals surface area contributed by atoms with Gasteiger partial charge in [0.25, 0.3) is 10.2 Å². The molecule has 0 saturated carbocycles. The summed E-state index contributed by atoms with van der Waals surface area (Å²) >= 11 is 0. The summed E-state index contributed by atoms with van der Waals surface area (Å²) in [5.41, 5.74) is 0.145. The number of hydrogen-bond donors (Lipinski definition) is 1. The molecule has 2 rings (SSSR count). The quantitative estimate of drug-likeness (QED) is 0.768. The molecule has 0 bridgehead atoms. The van der Waals surface area contributed by atoms with Gasteiger partial charge in [-0.3, -0.25) is 9.69 Å². The van der Waals surface area contributed by atoms with E-state index in [4.69, 9.17) is 0 Å². The third-order valence-corrected chi connectivity index (χ3v) is 6.88. The van der Waals surface area contributed by atoms with Crippen molar-refractivity contribution in [2.24, 2.45) is 0 Å². The Balaban J connectivity index is 1.94. The molecule has 146 valence electrons. The molecule has 1 fully saturated rings. The standard InChI is InChI=1S/C17H27FN4O3S/c1-4-21(5-2)26(24,25)22-12-10-20(11-13-22)14(3)17(23)19-16-9-7-6-8-15(16)18/h6-9,14H,4-5,10-13H2,1-3H3,(H,19,23). The van der Waals surface area contributed by atoms with E-state index in [1.54, 1.807) is 19.1 Å². The zero-order chi connectivity index (χ0) is 19.3. The van der Waals surface area contributed by atoms with Crippen molar-refractivity contribution < 1.29 is 17.6 Å². The first-order valence-electron chi connectivity index (χ1n) is 8.85. The number of para-hydroxylation sites is 1. The van der Waals surface area contributed by atoms with E-state index in [1.807, 2.05) is 18.7 Å². The second kappa shape index (κ2) is 8.90. The number of anilines is 1. The van der Waals surface area contributed by atoms with Gasteiger partial charge < -0.3 is 5.32 Å². The van der Waals surface area contributed by atoms with Crippen LogP contribution in [-0.2, 0) is 15.0 Å². The number of carbonyl (C=O) groups is 1. The predicted molar refractivity (Wildman–Crippen MR) is 99.5 cm³/mol. The predicted octanol–water partition coefficient (Wildman–Crippen LogP) is 1.36. The molecule has 1 aliphatic rings. The Morgan fingerprint density at radius 2 is 1.77 bits per heavy atom. The van der Waals surface area contributed by atoms with Crippen molar-refractivity contribution in [1.82, 2.24) is 13.5 Å². The van der Waals surface area contributed by atoms with Gasteiger partial charge in [0.2, 0.25) is 5.91 Å². The van der Waals surface area contributed by atoms with E-state index in [2.05, 4.69) is 5.32 Å². The van der Waals surface area contributed by atoms with E-state index in [-0.39, 0.29) is 11.6 Å². The molecule has 1 heterocycles. The van der Waals surface area contributed by atoms with Crippen molar-refractivity contribution in [3.05, 3.63) is 30.1 Å². The molecule has 1 aliphatic heterocycles. The van der Waals surface area contributed by atoms with Gasteiger partial charge in [-0.1, -0.05) is 26.0 Å². The van der Waals surface area contributed by atoms with Gasteiger partial charge in [-0.25, -0.2) is 4.39 Å². The summed E-state index contributed by atoms with van der Waals surface area (Å²) in [6, 6.07) is 5.53. The first kappa shape index (κ1) is 20.8. The van der Waals surface area contributed by atoms with Gasteiger partial charge in [0.15, 0.2) is 0 Å². The van der Waals surface area contributed by atoms with E-state index in [0.29, 0.717) is 39.3 Å². The molecule has 1 amide bonds. The highest BCUT2D eigenvalue weighted by Gasteiger charge is 2.33. The highest BCUT2D eigenvalue weighted by Crippen LogP contribution is 2.16. The summed E-state index contributed by atoms with van der Waals surface area (Å²) in [5, 5.41) is 2.59. The largest absolute Gasteiger partial charge is 0.322 e. The normalized spacial score (nSPS) is 18.0. The smallest absolute Gasteiger partial charge is 0.282 e. The molecule has 9 heteroatoms. The fourth-order valence-corrected chi connectivity index (χ4v) is 4.60. The van der Waals surface area contributed by atoms with E-state index in [9.17, 15) is 17.6 Å². The number of amides is 1. The zero-order valence-electron chi connectivity index (χ0n) is 15.5. The molecule has 1 aromatic carbocycles. The Morgan fingerprint density at radius 1 is 1.19 bits per heavy atom. The lowest BCUT2D eigenvalue weighted by Gasteiger charge is -2.38. The number of carbonyl (C=O) groups excluding carboxylic acids is 1. The Kier molecular flexibility index (Phi) is 7.10. The van der Waals surface area contributed by atoms with Crippen LogP contribution in [0, 0.1) is 5.82 Å². The minimum Gasteiger partial charge on any atom is -0.322 e. The molecule has 1 atom stereocenters. The van der Waals surface area contributed by atoms with Crippen LogP contribution in [-0.4, -0.2) is 73.1 Å². The first-order valence-corrected chi connectivity index (χ1v) is 10.3. The summed E-state index contributed by atoms with van der Waals surface area (Å²) in [6.45, 7) is 7.79. The van der Waals surface area contributed by atoms with Crippen molar-refractivity contribution in [3.8, 4) is 0 Å². The zero-order valence-corrected chi connectivity index (χ0v) is 16.3. The van der Waals surface area contributed by atoms with Crippen molar-refractivity contribution >= 4 is 21.8 Å². The van der Waals surface area contributed by atoms with Crippen LogP contribution < -0.4 is 5.32 Å². The van der Waals surface area contributed by atoms with Crippen LogP contribution in [0.3, 0.4) is 0 Å². The average Bonchev–Trinajstić information content (AvgIpc) is 2.64. The molecule has 26 heavy (non-hydrogen) atoms. The minimum atomic E-state index is -3.46. The highest BCUT2D eigenvalue weighted by atomic mass is 32.2. The lowest BCUT2D eigenvalue weighted by Crippen LogP contribution is -2.56. The number of halogens is 1. The van der Waals surface area contributed by atoms with Crippen molar-refractivity contribution in [3.63, 3.8) is 0 Å². The average molecular weight is 386 g/mol. The number of piperazine rings is 1. The van der Waals surface area contributed by atoms with E-state index < -0.39 is 22.1 Å². The molecular weight excluding hydrogens is 359 g/mol. The molecular formula is C17H27FN4O3S. The van der Waals surface area contributed by atoms with Gasteiger partial charge in [0.05, 0.1) is 11.7 Å². The molecule has 1 aromatic rings. The Labute approximate surface area is 154 Å². The molecule has 7 nitrogen and oxygen atoms in total. The number of nitrogens with zero attached hydrogens (tertiary/aromatic N) is 3. The topological polar surface area (TPSA) is 73.0 Å². The highest BCUT2D eigenvalue weighted by molar-refractivity contribution is 7.86. The summed E-state index contributed by atoms with van der Waals surface area (Å²) in [7, 11) is -3.46. The molecule has 1 N–H and O–H groups in total. The van der Waals surface area contributed by atoms with Crippen molar-refractivity contribution in [2.75, 3.05) is 44.6 Å². The minimum absolute atomic E-state index is 0.145. The Bertz CT molecular complexity index is 716. The maximum absolute atomic E-state index is 13.7. The molecule has 0 aliphatic carbocycles. The maximum Gasteiger partial charge on any atom is 0.282 e. The van der Waals surface area contributed by atoms with Crippen LogP contribution in [0.4, 0.5) is 10.1 Å². The van der Waals surface area contributed by atoms with Gasteiger partial charge in [-0.2, -0.15) is 17.0 Å². The third kappa shape index (κ3) is 4.59. The molecule has 0 radical (unpaired) electrons. The second-order valence-corrected chi connectivity index (χ2v) is 8.10. The Morgan fingerprint density at radius 3 is 2.31 bits per heavy atom. The number of nitrogens with one attached hydrogen (secondary N) is 1. The van der Waals surface area contributed by atoms with Crippen LogP contribution in [0.15, 0.2) is 24.3 Å². The third-order valence-electron chi connectivity index (χ3n) is 4.69. The summed E-state index contributed by atoms with van der Waals surface area (Å²) in [4.78, 5) is 14.3. The van der Waals surface area contributed by atoms with E-state index in [0.717, 1.165) is 0 Å². The maximum atomic E-state index is 13.7. The number of rotatable bonds is 7. The molecule has 1 saturated heterocycles. The summed E-state index contributed by atoms with van der Waals surface area (Å²) < 4.78 is 41.7. The van der Waals surface area contributed by atoms with Crippen molar-refractivity contribution in [2.45, 2.75) is 26.8 Å². The van der Waals surface area contributed by atoms with Gasteiger partial charge in [0.1, 0.15) is 5.82 Å². The van der Waals surface area contributed by atoms with E-state index in [1.165, 1.54) is 20.7 Å². The Hall–Kier alpha value is -1.55. The van der Waals surface area contributed by atoms with Crippen LogP contribution in [0.5, 0.6) is 0 Å². The van der Waals surface area contributed by atoms with Gasteiger partial charge in [-0.15, -0.1) is 0 Å². The second-order valence-electron chi connectivity index (χ2n) is 6.17. The molecule has 0 spiro atoms. The van der Waals surface area contributed by atoms with E-state index >= 15 is 0 Å². The summed E-state index contributed by atoms with van der Waals surface area (Å²) in [6.07, 6.45) is 0. The number of hydrogen-bond acceptors (Lipinski definition) is 4. The van der Waals surface area contributed by atoms with Crippen molar-refractivity contribution in [1.29, 1.82) is 0 Å². The fourth-order valence-electron chi connectivity index (χ4n) is 3.00. The number of benzene rings is 1. The van der Waals surface area contributed by atoms with Crippen LogP contribution >= 0.6 is 0 Å². The SMILES string of the molecule is CCN(CC)S(=O)(=O)N1CCN(C(C)C(=O)Nc2ccccc2F)CC1. The lowest BCUT2D eigenvalue weighted by molar-refractivity contribution is -0.121. The molecule has 0 aromatic heterocycles. The van der Waals surface area contributed by atoms with Crippen LogP contribution in [0.25, 0.3) is 0 Å². The van der Waals surface area contributed by atoms with Crippen LogP contribution in [0.2, 0.25) is 0 Å². The fraction of sp³-hybridized carbons (Fsp3) is 0.588. The van der Waals surface area contributed by atoms with Gasteiger partial charge >= 0.3 is 0 Å². The molecule has 1 unspecified atom stereocenters. The first-order chi connectivity index (χ1) is 12.3. The summed E-state index contributed by atoms with van der Waals surface area (Å²) in [5.74, 6) is -0.793. The monoisotopic (exact) mass is 386 g/mol. The van der Waals surface area contributed by atoms with Gasteiger partial charge in [-0.05, 0) is 19.1 Å². The van der Waals surface area contributed by atoms with Gasteiger partial charge in [0, 0.05) is 39.3 Å². The van der Waals surface area contributed by atoms with Crippen LogP contribution in [0.1, 0.15) is 20.8 Å².